The molecule has 1 fully saturated rings. The van der Waals surface area contributed by atoms with Crippen LogP contribution in [0.4, 0.5) is 0 Å². The minimum absolute atomic E-state index is 0.193. The Balaban J connectivity index is 2.41. The van der Waals surface area contributed by atoms with Gasteiger partial charge in [0.15, 0.2) is 0 Å². The van der Waals surface area contributed by atoms with Gasteiger partial charge in [0.05, 0.1) is 6.04 Å². The minimum Gasteiger partial charge on any atom is -0.368 e. The third-order valence-electron chi connectivity index (χ3n) is 3.55. The molecule has 1 rings (SSSR count). The lowest BCUT2D eigenvalue weighted by Gasteiger charge is -2.30. The van der Waals surface area contributed by atoms with Crippen molar-refractivity contribution in [2.45, 2.75) is 71.0 Å². The predicted octanol–water partition coefficient (Wildman–Crippen LogP) is 1.49. The third kappa shape index (κ3) is 5.83. The molecule has 0 aliphatic heterocycles. The Morgan fingerprint density at radius 2 is 2.06 bits per heavy atom. The third-order valence-corrected chi connectivity index (χ3v) is 3.55. The van der Waals surface area contributed by atoms with Gasteiger partial charge in [0.25, 0.3) is 0 Å². The fourth-order valence-corrected chi connectivity index (χ4v) is 2.12. The lowest BCUT2D eigenvalue weighted by molar-refractivity contribution is -0.120. The van der Waals surface area contributed by atoms with E-state index in [0.29, 0.717) is 12.1 Å². The van der Waals surface area contributed by atoms with Crippen molar-refractivity contribution in [1.82, 2.24) is 10.2 Å². The highest BCUT2D eigenvalue weighted by Gasteiger charge is 2.28. The van der Waals surface area contributed by atoms with Crippen molar-refractivity contribution >= 4 is 5.91 Å². The van der Waals surface area contributed by atoms with Crippen LogP contribution in [0.2, 0.25) is 0 Å². The maximum atomic E-state index is 11.5. The van der Waals surface area contributed by atoms with E-state index in [1.54, 1.807) is 0 Å². The number of amides is 1. The van der Waals surface area contributed by atoms with Crippen LogP contribution < -0.4 is 11.1 Å². The van der Waals surface area contributed by atoms with Crippen LogP contribution in [0.1, 0.15) is 52.9 Å². The highest BCUT2D eigenvalue weighted by Crippen LogP contribution is 2.19. The molecule has 3 N–H and O–H groups in total. The van der Waals surface area contributed by atoms with Gasteiger partial charge in [-0.3, -0.25) is 9.69 Å². The molecule has 1 saturated carbocycles. The fourth-order valence-electron chi connectivity index (χ4n) is 2.12. The maximum absolute atomic E-state index is 11.5. The average molecular weight is 255 g/mol. The molecular formula is C14H29N3O. The van der Waals surface area contributed by atoms with Crippen LogP contribution >= 0.6 is 0 Å². The van der Waals surface area contributed by atoms with Gasteiger partial charge in [-0.2, -0.15) is 0 Å². The molecule has 0 heterocycles. The second-order valence-corrected chi connectivity index (χ2v) is 5.69. The van der Waals surface area contributed by atoms with E-state index < -0.39 is 0 Å². The summed E-state index contributed by atoms with van der Waals surface area (Å²) >= 11 is 0. The van der Waals surface area contributed by atoms with Crippen molar-refractivity contribution in [2.24, 2.45) is 5.73 Å². The molecule has 1 atom stereocenters. The molecular weight excluding hydrogens is 226 g/mol. The van der Waals surface area contributed by atoms with E-state index in [1.807, 2.05) is 0 Å². The summed E-state index contributed by atoms with van der Waals surface area (Å²) in [6, 6.07) is 0.790. The topological polar surface area (TPSA) is 58.4 Å². The predicted molar refractivity (Wildman–Crippen MR) is 75.4 cm³/mol. The average Bonchev–Trinajstić information content (AvgIpc) is 3.10. The van der Waals surface area contributed by atoms with Gasteiger partial charge in [-0.25, -0.2) is 0 Å². The lowest BCUT2D eigenvalue weighted by atomic mass is 10.1. The normalized spacial score (nSPS) is 17.4. The molecule has 1 unspecified atom stereocenters. The number of hydrogen-bond acceptors (Lipinski definition) is 3. The number of rotatable bonds is 10. The van der Waals surface area contributed by atoms with Crippen molar-refractivity contribution in [3.05, 3.63) is 0 Å². The Morgan fingerprint density at radius 1 is 1.39 bits per heavy atom. The number of hydrogen-bond donors (Lipinski definition) is 2. The molecule has 106 valence electrons. The molecule has 18 heavy (non-hydrogen) atoms. The van der Waals surface area contributed by atoms with E-state index in [9.17, 15) is 4.79 Å². The molecule has 0 bridgehead atoms. The molecule has 1 aliphatic carbocycles. The number of nitrogens with one attached hydrogen (secondary N) is 1. The quantitative estimate of drug-likeness (QED) is 0.582. The molecule has 0 aromatic rings. The molecule has 0 spiro atoms. The van der Waals surface area contributed by atoms with Crippen LogP contribution in [0.5, 0.6) is 0 Å². The Morgan fingerprint density at radius 3 is 2.50 bits per heavy atom. The van der Waals surface area contributed by atoms with Gasteiger partial charge in [-0.15, -0.1) is 0 Å². The van der Waals surface area contributed by atoms with Gasteiger partial charge in [-0.1, -0.05) is 19.8 Å². The first kappa shape index (κ1) is 15.4. The summed E-state index contributed by atoms with van der Waals surface area (Å²) in [5, 5.41) is 3.35. The van der Waals surface area contributed by atoms with Crippen LogP contribution in [0.3, 0.4) is 0 Å². The first-order chi connectivity index (χ1) is 8.54. The van der Waals surface area contributed by atoms with Gasteiger partial charge >= 0.3 is 0 Å². The van der Waals surface area contributed by atoms with Crippen molar-refractivity contribution in [3.63, 3.8) is 0 Å². The molecule has 0 radical (unpaired) electrons. The summed E-state index contributed by atoms with van der Waals surface area (Å²) in [7, 11) is 0. The largest absolute Gasteiger partial charge is 0.368 e. The molecule has 0 aromatic heterocycles. The highest BCUT2D eigenvalue weighted by atomic mass is 16.1. The van der Waals surface area contributed by atoms with Crippen LogP contribution in [0.15, 0.2) is 0 Å². The Hall–Kier alpha value is -0.610. The number of nitrogens with two attached hydrogens (primary N) is 1. The van der Waals surface area contributed by atoms with Crippen molar-refractivity contribution < 1.29 is 4.79 Å². The summed E-state index contributed by atoms with van der Waals surface area (Å²) in [5.41, 5.74) is 5.49. The van der Waals surface area contributed by atoms with Crippen LogP contribution in [-0.2, 0) is 4.79 Å². The van der Waals surface area contributed by atoms with Crippen molar-refractivity contribution in [1.29, 1.82) is 0 Å². The summed E-state index contributed by atoms with van der Waals surface area (Å²) in [6.07, 6.45) is 6.04. The summed E-state index contributed by atoms with van der Waals surface area (Å²) in [4.78, 5) is 13.8. The van der Waals surface area contributed by atoms with Gasteiger partial charge in [0, 0.05) is 18.6 Å². The molecule has 1 aliphatic rings. The molecule has 1 amide bonds. The second kappa shape index (κ2) is 7.74. The van der Waals surface area contributed by atoms with E-state index in [1.165, 1.54) is 32.1 Å². The number of unbranched alkanes of at least 4 members (excludes halogenated alkanes) is 2. The monoisotopic (exact) mass is 255 g/mol. The van der Waals surface area contributed by atoms with E-state index in [2.05, 4.69) is 31.0 Å². The van der Waals surface area contributed by atoms with Gasteiger partial charge in [0.1, 0.15) is 0 Å². The zero-order valence-electron chi connectivity index (χ0n) is 12.1. The number of nitrogens with zero attached hydrogens (tertiary/aromatic N) is 1. The van der Waals surface area contributed by atoms with E-state index in [0.717, 1.165) is 13.1 Å². The smallest absolute Gasteiger partial charge is 0.235 e. The first-order valence-electron chi connectivity index (χ1n) is 7.34. The second-order valence-electron chi connectivity index (χ2n) is 5.69. The minimum atomic E-state index is -0.219. The summed E-state index contributed by atoms with van der Waals surface area (Å²) in [6.45, 7) is 8.37. The van der Waals surface area contributed by atoms with Crippen molar-refractivity contribution in [2.75, 3.05) is 13.1 Å². The summed E-state index contributed by atoms with van der Waals surface area (Å²) in [5.74, 6) is -0.219. The van der Waals surface area contributed by atoms with Crippen LogP contribution in [0, 0.1) is 0 Å². The van der Waals surface area contributed by atoms with Crippen LogP contribution in [-0.4, -0.2) is 42.0 Å². The highest BCUT2D eigenvalue weighted by molar-refractivity contribution is 5.80. The zero-order valence-corrected chi connectivity index (χ0v) is 12.1. The number of carbonyl (C=O) groups is 1. The van der Waals surface area contributed by atoms with Gasteiger partial charge in [-0.05, 0) is 39.7 Å². The van der Waals surface area contributed by atoms with Crippen molar-refractivity contribution in [3.8, 4) is 0 Å². The molecule has 4 nitrogen and oxygen atoms in total. The number of carbonyl (C=O) groups excluding carboxylic acids is 1. The molecule has 0 aromatic carbocycles. The maximum Gasteiger partial charge on any atom is 0.235 e. The van der Waals surface area contributed by atoms with E-state index in [4.69, 9.17) is 5.73 Å². The zero-order chi connectivity index (χ0) is 13.5. The summed E-state index contributed by atoms with van der Waals surface area (Å²) < 4.78 is 0. The molecule has 4 heteroatoms. The van der Waals surface area contributed by atoms with Gasteiger partial charge in [0.2, 0.25) is 5.91 Å². The molecule has 0 saturated heterocycles. The van der Waals surface area contributed by atoms with E-state index in [-0.39, 0.29) is 11.9 Å². The SMILES string of the molecule is CCCCCN(CC(NC1CC1)C(N)=O)C(C)C. The standard InChI is InChI=1S/C14H29N3O/c1-4-5-6-9-17(11(2)3)10-13(14(15)18)16-12-7-8-12/h11-13,16H,4-10H2,1-3H3,(H2,15,18). The number of primary amides is 1. The Kier molecular flexibility index (Phi) is 6.65. The fraction of sp³-hybridized carbons (Fsp3) is 0.929. The Bertz CT molecular complexity index is 251. The van der Waals surface area contributed by atoms with Crippen LogP contribution in [0.25, 0.3) is 0 Å². The Labute approximate surface area is 111 Å². The lowest BCUT2D eigenvalue weighted by Crippen LogP contribution is -2.51. The van der Waals surface area contributed by atoms with E-state index >= 15 is 0 Å². The first-order valence-corrected chi connectivity index (χ1v) is 7.34. The van der Waals surface area contributed by atoms with Gasteiger partial charge < -0.3 is 11.1 Å².